The molecule has 0 fully saturated rings. The zero-order chi connectivity index (χ0) is 23.6. The maximum Gasteiger partial charge on any atom is 0.338 e. The number of nitrogens with one attached hydrogen (secondary N) is 2. The Morgan fingerprint density at radius 2 is 1.91 bits per heavy atom. The molecule has 0 saturated heterocycles. The molecule has 1 aliphatic heterocycles. The van der Waals surface area contributed by atoms with Gasteiger partial charge in [0.1, 0.15) is 0 Å². The molecule has 2 aromatic carbocycles. The number of hydrogen-bond acceptors (Lipinski definition) is 7. The Morgan fingerprint density at radius 3 is 2.59 bits per heavy atom. The molecule has 32 heavy (non-hydrogen) atoms. The average molecular weight is 478 g/mol. The Balaban J connectivity index is 1.71. The lowest BCUT2D eigenvalue weighted by Crippen LogP contribution is -2.30. The third kappa shape index (κ3) is 5.12. The zero-order valence-electron chi connectivity index (χ0n) is 18.0. The summed E-state index contributed by atoms with van der Waals surface area (Å²) in [6.45, 7) is 3.14. The fraction of sp³-hybridized carbons (Fsp3) is 0.286. The molecule has 1 heterocycles. The number of benzene rings is 2. The van der Waals surface area contributed by atoms with Crippen molar-refractivity contribution in [2.24, 2.45) is 0 Å². The highest BCUT2D eigenvalue weighted by Crippen LogP contribution is 2.32. The minimum atomic E-state index is -3.67. The molecule has 0 radical (unpaired) electrons. The summed E-state index contributed by atoms with van der Waals surface area (Å²) in [6, 6.07) is 9.18. The number of thioether (sulfide) groups is 1. The number of esters is 1. The lowest BCUT2D eigenvalue weighted by molar-refractivity contribution is -0.123. The van der Waals surface area contributed by atoms with Crippen molar-refractivity contribution < 1.29 is 27.5 Å². The summed E-state index contributed by atoms with van der Waals surface area (Å²) in [6.07, 6.45) is -1.14. The predicted molar refractivity (Wildman–Crippen MR) is 121 cm³/mol. The number of fused-ring (bicyclic) bond motifs is 1. The Labute approximate surface area is 190 Å². The molecule has 1 aliphatic rings. The van der Waals surface area contributed by atoms with Crippen LogP contribution in [0.3, 0.4) is 0 Å². The molecule has 2 amide bonds. The number of aryl methyl sites for hydroxylation is 1. The molecule has 0 aromatic heterocycles. The maximum atomic E-state index is 12.6. The van der Waals surface area contributed by atoms with Gasteiger partial charge in [0.05, 0.1) is 21.9 Å². The maximum absolute atomic E-state index is 12.6. The first kappa shape index (κ1) is 23.8. The number of sulfonamides is 1. The fourth-order valence-electron chi connectivity index (χ4n) is 2.83. The van der Waals surface area contributed by atoms with E-state index < -0.39 is 28.0 Å². The van der Waals surface area contributed by atoms with Gasteiger partial charge in [-0.1, -0.05) is 6.07 Å². The quantitative estimate of drug-likeness (QED) is 0.613. The summed E-state index contributed by atoms with van der Waals surface area (Å²) >= 11 is 1.37. The number of nitrogens with zero attached hydrogens (tertiary/aromatic N) is 1. The molecule has 0 bridgehead atoms. The van der Waals surface area contributed by atoms with Crippen molar-refractivity contribution >= 4 is 50.9 Å². The van der Waals surface area contributed by atoms with Crippen LogP contribution < -0.4 is 10.6 Å². The van der Waals surface area contributed by atoms with Crippen LogP contribution in [0.15, 0.2) is 46.2 Å². The summed E-state index contributed by atoms with van der Waals surface area (Å²) in [5.41, 5.74) is 1.67. The SMILES string of the molecule is Cc1ccc(S(=O)(=O)N(C)C)cc1NC(=O)C(C)OC(=O)c1ccc2c(c1)NC(=O)CS2. The van der Waals surface area contributed by atoms with Gasteiger partial charge in [0.25, 0.3) is 5.91 Å². The number of hydrogen-bond donors (Lipinski definition) is 2. The molecular formula is C21H23N3O6S2. The second-order valence-electron chi connectivity index (χ2n) is 7.35. The highest BCUT2D eigenvalue weighted by Gasteiger charge is 2.23. The van der Waals surface area contributed by atoms with Crippen LogP contribution in [0.2, 0.25) is 0 Å². The van der Waals surface area contributed by atoms with Crippen LogP contribution in [-0.4, -0.2) is 56.5 Å². The molecule has 9 nitrogen and oxygen atoms in total. The van der Waals surface area contributed by atoms with Crippen LogP contribution >= 0.6 is 11.8 Å². The summed E-state index contributed by atoms with van der Waals surface area (Å²) in [4.78, 5) is 37.5. The topological polar surface area (TPSA) is 122 Å². The number of carbonyl (C=O) groups is 3. The van der Waals surface area contributed by atoms with Gasteiger partial charge in [-0.3, -0.25) is 9.59 Å². The van der Waals surface area contributed by atoms with Crippen molar-refractivity contribution in [3.05, 3.63) is 47.5 Å². The standard InChI is InChI=1S/C21H23N3O6S2/c1-12-5-7-15(32(28,29)24(3)4)10-16(12)23-20(26)13(2)30-21(27)14-6-8-18-17(9-14)22-19(25)11-31-18/h5-10,13H,11H2,1-4H3,(H,22,25)(H,23,26). The predicted octanol–water partition coefficient (Wildman–Crippen LogP) is 2.47. The number of carbonyl (C=O) groups excluding carboxylic acids is 3. The molecule has 0 saturated carbocycles. The second kappa shape index (κ2) is 9.31. The van der Waals surface area contributed by atoms with E-state index in [0.29, 0.717) is 22.7 Å². The van der Waals surface area contributed by atoms with Gasteiger partial charge in [-0.25, -0.2) is 17.5 Å². The summed E-state index contributed by atoms with van der Waals surface area (Å²) in [7, 11) is -0.841. The number of ether oxygens (including phenoxy) is 1. The first-order chi connectivity index (χ1) is 15.0. The minimum absolute atomic E-state index is 0.0297. The van der Waals surface area contributed by atoms with Gasteiger partial charge in [-0.05, 0) is 49.7 Å². The van der Waals surface area contributed by atoms with E-state index in [1.165, 1.54) is 51.0 Å². The highest BCUT2D eigenvalue weighted by molar-refractivity contribution is 8.00. The van der Waals surface area contributed by atoms with Crippen LogP contribution in [0.25, 0.3) is 0 Å². The Bertz CT molecular complexity index is 1190. The van der Waals surface area contributed by atoms with Gasteiger partial charge >= 0.3 is 5.97 Å². The van der Waals surface area contributed by atoms with E-state index in [2.05, 4.69) is 10.6 Å². The normalized spacial score (nSPS) is 14.3. The summed E-state index contributed by atoms with van der Waals surface area (Å²) in [5.74, 6) is -1.18. The third-order valence-corrected chi connectivity index (χ3v) is 7.63. The smallest absolute Gasteiger partial charge is 0.338 e. The van der Waals surface area contributed by atoms with Crippen LogP contribution in [0.4, 0.5) is 11.4 Å². The van der Waals surface area contributed by atoms with Crippen molar-refractivity contribution in [2.75, 3.05) is 30.5 Å². The molecule has 1 atom stereocenters. The molecule has 0 spiro atoms. The Kier molecular flexibility index (Phi) is 6.91. The van der Waals surface area contributed by atoms with E-state index in [9.17, 15) is 22.8 Å². The summed E-state index contributed by atoms with van der Waals surface area (Å²) in [5, 5.41) is 5.31. The lowest BCUT2D eigenvalue weighted by Gasteiger charge is -2.18. The molecule has 170 valence electrons. The molecule has 1 unspecified atom stereocenters. The molecule has 11 heteroatoms. The minimum Gasteiger partial charge on any atom is -0.449 e. The van der Waals surface area contributed by atoms with Crippen molar-refractivity contribution in [3.63, 3.8) is 0 Å². The van der Waals surface area contributed by atoms with Gasteiger partial charge in [-0.15, -0.1) is 11.8 Å². The Morgan fingerprint density at radius 1 is 1.19 bits per heavy atom. The van der Waals surface area contributed by atoms with E-state index >= 15 is 0 Å². The van der Waals surface area contributed by atoms with E-state index in [1.54, 1.807) is 25.1 Å². The van der Waals surface area contributed by atoms with E-state index in [4.69, 9.17) is 4.74 Å². The molecule has 2 aromatic rings. The van der Waals surface area contributed by atoms with Crippen molar-refractivity contribution in [3.8, 4) is 0 Å². The monoisotopic (exact) mass is 477 g/mol. The molecule has 2 N–H and O–H groups in total. The number of rotatable bonds is 6. The molecule has 0 aliphatic carbocycles. The van der Waals surface area contributed by atoms with Gasteiger partial charge in [0.15, 0.2) is 6.10 Å². The van der Waals surface area contributed by atoms with Crippen molar-refractivity contribution in [1.82, 2.24) is 4.31 Å². The lowest BCUT2D eigenvalue weighted by atomic mass is 10.2. The first-order valence-electron chi connectivity index (χ1n) is 9.61. The van der Waals surface area contributed by atoms with Crippen LogP contribution in [-0.2, 0) is 24.3 Å². The van der Waals surface area contributed by atoms with Crippen molar-refractivity contribution in [1.29, 1.82) is 0 Å². The van der Waals surface area contributed by atoms with Gasteiger partial charge < -0.3 is 15.4 Å². The van der Waals surface area contributed by atoms with Crippen LogP contribution in [0.5, 0.6) is 0 Å². The summed E-state index contributed by atoms with van der Waals surface area (Å²) < 4.78 is 31.1. The van der Waals surface area contributed by atoms with E-state index in [1.807, 2.05) is 0 Å². The zero-order valence-corrected chi connectivity index (χ0v) is 19.6. The van der Waals surface area contributed by atoms with Gasteiger partial charge in [-0.2, -0.15) is 0 Å². The average Bonchev–Trinajstić information content (AvgIpc) is 2.74. The molecule has 3 rings (SSSR count). The van der Waals surface area contributed by atoms with Crippen molar-refractivity contribution in [2.45, 2.75) is 29.7 Å². The van der Waals surface area contributed by atoms with Gasteiger partial charge in [0, 0.05) is 24.7 Å². The van der Waals surface area contributed by atoms with E-state index in [0.717, 1.165) is 9.20 Å². The first-order valence-corrected chi connectivity index (χ1v) is 12.0. The molecular weight excluding hydrogens is 454 g/mol. The van der Waals surface area contributed by atoms with Crippen LogP contribution in [0.1, 0.15) is 22.8 Å². The number of anilines is 2. The van der Waals surface area contributed by atoms with Gasteiger partial charge in [0.2, 0.25) is 15.9 Å². The van der Waals surface area contributed by atoms with E-state index in [-0.39, 0.29) is 16.4 Å². The Hall–Kier alpha value is -2.89. The highest BCUT2D eigenvalue weighted by atomic mass is 32.2. The van der Waals surface area contributed by atoms with Crippen LogP contribution in [0, 0.1) is 6.92 Å². The largest absolute Gasteiger partial charge is 0.449 e. The number of amides is 2. The third-order valence-electron chi connectivity index (χ3n) is 4.75. The fourth-order valence-corrected chi connectivity index (χ4v) is 4.55. The second-order valence-corrected chi connectivity index (χ2v) is 10.5.